The fraction of sp³-hybridized carbons (Fsp3) is 0.407. The second-order valence-corrected chi connectivity index (χ2v) is 11.7. The van der Waals surface area contributed by atoms with Crippen LogP contribution in [0.4, 0.5) is 15.3 Å². The summed E-state index contributed by atoms with van der Waals surface area (Å²) in [4.78, 5) is 11.8. The Balaban J connectivity index is 1.39. The van der Waals surface area contributed by atoms with Gasteiger partial charge >= 0.3 is 0 Å². The molecule has 4 aromatic rings. The van der Waals surface area contributed by atoms with Gasteiger partial charge in [0.2, 0.25) is 0 Å². The molecule has 1 aliphatic heterocycles. The molecule has 4 heterocycles. The lowest BCUT2D eigenvalue weighted by Gasteiger charge is -2.31. The molecule has 0 bridgehead atoms. The number of halogens is 1. The van der Waals surface area contributed by atoms with E-state index in [9.17, 15) is 8.60 Å². The van der Waals surface area contributed by atoms with E-state index < -0.39 is 11.0 Å². The molecule has 37 heavy (non-hydrogen) atoms. The summed E-state index contributed by atoms with van der Waals surface area (Å²) in [7, 11) is 1.00. The summed E-state index contributed by atoms with van der Waals surface area (Å²) in [5, 5.41) is 11.9. The first-order valence-corrected chi connectivity index (χ1v) is 14.8. The van der Waals surface area contributed by atoms with E-state index in [-0.39, 0.29) is 12.4 Å². The fourth-order valence-corrected chi connectivity index (χ4v) is 6.96. The van der Waals surface area contributed by atoms with Gasteiger partial charge in [-0.25, -0.2) is 22.9 Å². The van der Waals surface area contributed by atoms with Crippen LogP contribution in [-0.2, 0) is 17.4 Å². The number of aliphatic hydroxyl groups is 1. The number of aryl methyl sites for hydroxylation is 1. The van der Waals surface area contributed by atoms with Crippen molar-refractivity contribution in [3.8, 4) is 11.3 Å². The topological polar surface area (TPSA) is 74.0 Å². The average molecular weight is 542 g/mol. The zero-order valence-electron chi connectivity index (χ0n) is 21.1. The van der Waals surface area contributed by atoms with Gasteiger partial charge in [-0.3, -0.25) is 4.40 Å². The molecule has 7 nitrogen and oxygen atoms in total. The Morgan fingerprint density at radius 2 is 1.92 bits per heavy atom. The Labute approximate surface area is 223 Å². The zero-order valence-corrected chi connectivity index (χ0v) is 22.8. The Hall–Kier alpha value is -2.66. The van der Waals surface area contributed by atoms with Gasteiger partial charge in [0, 0.05) is 49.6 Å². The van der Waals surface area contributed by atoms with Crippen LogP contribution < -0.4 is 4.90 Å². The number of anilines is 2. The third kappa shape index (κ3) is 5.47. The minimum atomic E-state index is -1.02. The first-order chi connectivity index (χ1) is 18.0. The lowest BCUT2D eigenvalue weighted by Crippen LogP contribution is -2.35. The molecule has 1 aliphatic rings. The molecule has 0 radical (unpaired) electrons. The van der Waals surface area contributed by atoms with Gasteiger partial charge in [0.05, 0.1) is 22.4 Å². The number of thiazole rings is 1. The maximum atomic E-state index is 13.4. The van der Waals surface area contributed by atoms with Crippen molar-refractivity contribution in [1.29, 1.82) is 0 Å². The van der Waals surface area contributed by atoms with Crippen LogP contribution in [0, 0.1) is 5.82 Å². The Morgan fingerprint density at radius 3 is 2.62 bits per heavy atom. The molecular weight excluding hydrogens is 509 g/mol. The standard InChI is InChI=1S/C27H32FN5O2S2/c1-3-23-26(31(2)27-30-24(18-36-27)20-5-8-22(28)9-6-20)33-17-21(7-10-25(33)29-23)19-11-13-32(14-12-19)37(35)16-4-15-34/h5-10,17-19,34H,3-4,11-16H2,1-2H3. The summed E-state index contributed by atoms with van der Waals surface area (Å²) in [5.41, 5.74) is 4.88. The predicted octanol–water partition coefficient (Wildman–Crippen LogP) is 5.15. The number of aromatic nitrogens is 3. The van der Waals surface area contributed by atoms with Crippen molar-refractivity contribution in [2.24, 2.45) is 0 Å². The van der Waals surface area contributed by atoms with Gasteiger partial charge in [-0.15, -0.1) is 11.3 Å². The summed E-state index contributed by atoms with van der Waals surface area (Å²) < 4.78 is 30.0. The second kappa shape index (κ2) is 11.4. The lowest BCUT2D eigenvalue weighted by atomic mass is 9.91. The van der Waals surface area contributed by atoms with E-state index in [1.807, 2.05) is 16.7 Å². The molecule has 0 amide bonds. The van der Waals surface area contributed by atoms with Crippen LogP contribution in [0.15, 0.2) is 48.0 Å². The highest BCUT2D eigenvalue weighted by Gasteiger charge is 2.25. The van der Waals surface area contributed by atoms with E-state index in [2.05, 4.69) is 34.6 Å². The average Bonchev–Trinajstić information content (AvgIpc) is 3.57. The Kier molecular flexibility index (Phi) is 7.99. The molecule has 0 aliphatic carbocycles. The van der Waals surface area contributed by atoms with Crippen molar-refractivity contribution < 1.29 is 13.7 Å². The Bertz CT molecular complexity index is 1380. The highest BCUT2D eigenvalue weighted by molar-refractivity contribution is 7.82. The second-order valence-electron chi connectivity index (χ2n) is 9.31. The van der Waals surface area contributed by atoms with Gasteiger partial charge < -0.3 is 10.0 Å². The summed E-state index contributed by atoms with van der Waals surface area (Å²) in [6, 6.07) is 10.7. The van der Waals surface area contributed by atoms with Crippen molar-refractivity contribution in [3.63, 3.8) is 0 Å². The zero-order chi connectivity index (χ0) is 25.9. The molecule has 1 aromatic carbocycles. The molecule has 1 N–H and O–H groups in total. The fourth-order valence-electron chi connectivity index (χ4n) is 4.90. The number of imidazole rings is 1. The van der Waals surface area contributed by atoms with Crippen LogP contribution in [0.25, 0.3) is 16.9 Å². The molecule has 3 aromatic heterocycles. The highest BCUT2D eigenvalue weighted by Crippen LogP contribution is 2.35. The third-order valence-electron chi connectivity index (χ3n) is 6.95. The lowest BCUT2D eigenvalue weighted by molar-refractivity contribution is 0.293. The normalized spacial score (nSPS) is 15.9. The number of hydrogen-bond donors (Lipinski definition) is 1. The number of rotatable bonds is 9. The number of pyridine rings is 1. The summed E-state index contributed by atoms with van der Waals surface area (Å²) in [5.74, 6) is 1.66. The number of benzene rings is 1. The SMILES string of the molecule is CCc1nc2ccc(C3CCN(S(=O)CCCO)CC3)cn2c1N(C)c1nc(-c2ccc(F)cc2)cs1. The van der Waals surface area contributed by atoms with Crippen LogP contribution in [0.5, 0.6) is 0 Å². The van der Waals surface area contributed by atoms with Gasteiger partial charge in [0.15, 0.2) is 5.13 Å². The molecule has 10 heteroatoms. The van der Waals surface area contributed by atoms with Crippen LogP contribution in [0.1, 0.15) is 43.4 Å². The van der Waals surface area contributed by atoms with Crippen LogP contribution in [0.3, 0.4) is 0 Å². The van der Waals surface area contributed by atoms with E-state index in [0.29, 0.717) is 18.1 Å². The molecule has 196 valence electrons. The van der Waals surface area contributed by atoms with Gasteiger partial charge in [0.25, 0.3) is 0 Å². The third-order valence-corrected chi connectivity index (χ3v) is 9.44. The number of hydrogen-bond acceptors (Lipinski definition) is 6. The minimum Gasteiger partial charge on any atom is -0.396 e. The van der Waals surface area contributed by atoms with Gasteiger partial charge in [-0.2, -0.15) is 0 Å². The molecule has 0 spiro atoms. The van der Waals surface area contributed by atoms with Crippen LogP contribution in [-0.4, -0.2) is 60.5 Å². The van der Waals surface area contributed by atoms with Crippen molar-refractivity contribution in [1.82, 2.24) is 18.7 Å². The minimum absolute atomic E-state index is 0.0815. The molecule has 1 fully saturated rings. The van der Waals surface area contributed by atoms with Crippen molar-refractivity contribution in [2.45, 2.75) is 38.5 Å². The maximum absolute atomic E-state index is 13.4. The summed E-state index contributed by atoms with van der Waals surface area (Å²) in [6.07, 6.45) is 5.47. The number of fused-ring (bicyclic) bond motifs is 1. The van der Waals surface area contributed by atoms with Crippen LogP contribution >= 0.6 is 11.3 Å². The highest BCUT2D eigenvalue weighted by atomic mass is 32.2. The molecule has 5 rings (SSSR count). The van der Waals surface area contributed by atoms with E-state index in [1.54, 1.807) is 23.5 Å². The first-order valence-electron chi connectivity index (χ1n) is 12.7. The number of nitrogens with zero attached hydrogens (tertiary/aromatic N) is 5. The van der Waals surface area contributed by atoms with E-state index in [0.717, 1.165) is 65.9 Å². The summed E-state index contributed by atoms with van der Waals surface area (Å²) >= 11 is 1.55. The molecule has 1 atom stereocenters. The van der Waals surface area contributed by atoms with Gasteiger partial charge in [-0.1, -0.05) is 13.0 Å². The van der Waals surface area contributed by atoms with Gasteiger partial charge in [0.1, 0.15) is 17.3 Å². The molecular formula is C27H32FN5O2S2. The molecule has 1 saturated heterocycles. The summed E-state index contributed by atoms with van der Waals surface area (Å²) in [6.45, 7) is 3.78. The largest absolute Gasteiger partial charge is 0.396 e. The predicted molar refractivity (Wildman–Crippen MR) is 148 cm³/mol. The van der Waals surface area contributed by atoms with Crippen molar-refractivity contribution >= 4 is 38.9 Å². The van der Waals surface area contributed by atoms with Crippen molar-refractivity contribution in [2.75, 3.05) is 37.4 Å². The number of piperidine rings is 1. The van der Waals surface area contributed by atoms with Crippen LogP contribution in [0.2, 0.25) is 0 Å². The first kappa shape index (κ1) is 26.0. The molecule has 1 unspecified atom stereocenters. The molecule has 0 saturated carbocycles. The maximum Gasteiger partial charge on any atom is 0.191 e. The van der Waals surface area contributed by atoms with E-state index >= 15 is 0 Å². The quantitative estimate of drug-likeness (QED) is 0.317. The van der Waals surface area contributed by atoms with E-state index in [4.69, 9.17) is 15.1 Å². The van der Waals surface area contributed by atoms with Crippen molar-refractivity contribution in [3.05, 3.63) is 65.0 Å². The Morgan fingerprint density at radius 1 is 1.16 bits per heavy atom. The van der Waals surface area contributed by atoms with E-state index in [1.165, 1.54) is 17.7 Å². The number of aliphatic hydroxyl groups excluding tert-OH is 1. The van der Waals surface area contributed by atoms with Gasteiger partial charge in [-0.05, 0) is 67.5 Å². The smallest absolute Gasteiger partial charge is 0.191 e. The monoisotopic (exact) mass is 541 g/mol.